The predicted molar refractivity (Wildman–Crippen MR) is 76.2 cm³/mol. The normalized spacial score (nSPS) is 12.3. The first-order chi connectivity index (χ1) is 9.70. The van der Waals surface area contributed by atoms with Crippen molar-refractivity contribution in [2.75, 3.05) is 13.2 Å². The monoisotopic (exact) mass is 277 g/mol. The molecule has 1 N–H and O–H groups in total. The molecule has 0 aliphatic heterocycles. The molecule has 5 heteroatoms. The van der Waals surface area contributed by atoms with Crippen LogP contribution in [0, 0.1) is 5.82 Å². The predicted octanol–water partition coefficient (Wildman–Crippen LogP) is 2.77. The lowest BCUT2D eigenvalue weighted by Gasteiger charge is -2.14. The third-order valence-corrected chi connectivity index (χ3v) is 3.10. The highest BCUT2D eigenvalue weighted by Gasteiger charge is 2.10. The van der Waals surface area contributed by atoms with Gasteiger partial charge < -0.3 is 10.1 Å². The first-order valence-electron chi connectivity index (χ1n) is 6.83. The molecule has 1 aromatic heterocycles. The van der Waals surface area contributed by atoms with Crippen LogP contribution in [0.5, 0.6) is 5.75 Å². The Morgan fingerprint density at radius 1 is 1.45 bits per heavy atom. The summed E-state index contributed by atoms with van der Waals surface area (Å²) in [6, 6.07) is 6.86. The molecule has 1 heterocycles. The van der Waals surface area contributed by atoms with Crippen molar-refractivity contribution in [3.8, 4) is 5.75 Å². The first-order valence-corrected chi connectivity index (χ1v) is 6.83. The average Bonchev–Trinajstić information content (AvgIpc) is 2.92. The van der Waals surface area contributed by atoms with E-state index in [1.165, 1.54) is 6.07 Å². The summed E-state index contributed by atoms with van der Waals surface area (Å²) < 4.78 is 21.3. The van der Waals surface area contributed by atoms with Crippen molar-refractivity contribution in [1.29, 1.82) is 0 Å². The van der Waals surface area contributed by atoms with Crippen LogP contribution in [-0.4, -0.2) is 22.9 Å². The maximum Gasteiger partial charge on any atom is 0.131 e. The van der Waals surface area contributed by atoms with E-state index in [-0.39, 0.29) is 11.9 Å². The van der Waals surface area contributed by atoms with Crippen LogP contribution in [0.1, 0.15) is 25.5 Å². The number of ether oxygens (including phenoxy) is 1. The first kappa shape index (κ1) is 14.5. The van der Waals surface area contributed by atoms with Gasteiger partial charge in [0.1, 0.15) is 18.2 Å². The molecule has 0 aliphatic carbocycles. The van der Waals surface area contributed by atoms with Gasteiger partial charge in [0.15, 0.2) is 0 Å². The van der Waals surface area contributed by atoms with Gasteiger partial charge in [-0.1, -0.05) is 13.0 Å². The number of benzene rings is 1. The molecule has 0 saturated heterocycles. The van der Waals surface area contributed by atoms with Crippen LogP contribution in [0.4, 0.5) is 4.39 Å². The zero-order valence-corrected chi connectivity index (χ0v) is 11.8. The van der Waals surface area contributed by atoms with E-state index in [0.29, 0.717) is 24.5 Å². The third kappa shape index (κ3) is 3.81. The SMILES string of the molecule is CCNC(C)c1ccc(OCCn2cccn2)cc1F. The lowest BCUT2D eigenvalue weighted by molar-refractivity contribution is 0.289. The largest absolute Gasteiger partial charge is 0.492 e. The molecule has 0 amide bonds. The molecule has 20 heavy (non-hydrogen) atoms. The van der Waals surface area contributed by atoms with Crippen molar-refractivity contribution in [1.82, 2.24) is 15.1 Å². The van der Waals surface area contributed by atoms with Gasteiger partial charge in [-0.2, -0.15) is 5.10 Å². The second kappa shape index (κ2) is 7.05. The second-order valence-electron chi connectivity index (χ2n) is 4.58. The van der Waals surface area contributed by atoms with E-state index in [4.69, 9.17) is 4.74 Å². The number of aromatic nitrogens is 2. The molecular formula is C15H20FN3O. The summed E-state index contributed by atoms with van der Waals surface area (Å²) in [7, 11) is 0. The summed E-state index contributed by atoms with van der Waals surface area (Å²) in [5, 5.41) is 7.27. The number of hydrogen-bond donors (Lipinski definition) is 1. The molecule has 2 rings (SSSR count). The summed E-state index contributed by atoms with van der Waals surface area (Å²) >= 11 is 0. The molecular weight excluding hydrogens is 257 g/mol. The van der Waals surface area contributed by atoms with E-state index in [1.807, 2.05) is 26.1 Å². The van der Waals surface area contributed by atoms with E-state index in [2.05, 4.69) is 10.4 Å². The van der Waals surface area contributed by atoms with Crippen LogP contribution in [-0.2, 0) is 6.54 Å². The van der Waals surface area contributed by atoms with Crippen LogP contribution in [0.15, 0.2) is 36.7 Å². The minimum Gasteiger partial charge on any atom is -0.492 e. The Morgan fingerprint density at radius 2 is 2.30 bits per heavy atom. The van der Waals surface area contributed by atoms with E-state index in [9.17, 15) is 4.39 Å². The van der Waals surface area contributed by atoms with Gasteiger partial charge in [0, 0.05) is 30.1 Å². The van der Waals surface area contributed by atoms with Gasteiger partial charge in [0.05, 0.1) is 6.54 Å². The van der Waals surface area contributed by atoms with Crippen LogP contribution in [0.3, 0.4) is 0 Å². The maximum absolute atomic E-state index is 14.0. The van der Waals surface area contributed by atoms with E-state index in [0.717, 1.165) is 6.54 Å². The summed E-state index contributed by atoms with van der Waals surface area (Å²) in [4.78, 5) is 0. The van der Waals surface area contributed by atoms with Crippen molar-refractivity contribution < 1.29 is 9.13 Å². The van der Waals surface area contributed by atoms with E-state index < -0.39 is 0 Å². The Labute approximate surface area is 118 Å². The lowest BCUT2D eigenvalue weighted by Crippen LogP contribution is -2.18. The zero-order chi connectivity index (χ0) is 14.4. The third-order valence-electron chi connectivity index (χ3n) is 3.10. The minimum atomic E-state index is -0.241. The summed E-state index contributed by atoms with van der Waals surface area (Å²) in [5.74, 6) is 0.303. The molecule has 4 nitrogen and oxygen atoms in total. The fraction of sp³-hybridized carbons (Fsp3) is 0.400. The molecule has 2 aromatic rings. The molecule has 0 spiro atoms. The highest BCUT2D eigenvalue weighted by atomic mass is 19.1. The minimum absolute atomic E-state index is 0.00174. The molecule has 0 aliphatic rings. The summed E-state index contributed by atoms with van der Waals surface area (Å²) in [6.07, 6.45) is 3.59. The van der Waals surface area contributed by atoms with Crippen molar-refractivity contribution in [2.45, 2.75) is 26.4 Å². The Morgan fingerprint density at radius 3 is 2.95 bits per heavy atom. The molecule has 0 fully saturated rings. The summed E-state index contributed by atoms with van der Waals surface area (Å²) in [6.45, 7) is 5.86. The van der Waals surface area contributed by atoms with Gasteiger partial charge in [0.25, 0.3) is 0 Å². The van der Waals surface area contributed by atoms with Crippen LogP contribution >= 0.6 is 0 Å². The quantitative estimate of drug-likeness (QED) is 0.846. The maximum atomic E-state index is 14.0. The number of rotatable bonds is 7. The smallest absolute Gasteiger partial charge is 0.131 e. The van der Waals surface area contributed by atoms with E-state index >= 15 is 0 Å². The highest BCUT2D eigenvalue weighted by Crippen LogP contribution is 2.21. The molecule has 0 radical (unpaired) electrons. The van der Waals surface area contributed by atoms with Crippen LogP contribution in [0.2, 0.25) is 0 Å². The molecule has 1 aromatic carbocycles. The molecule has 108 valence electrons. The van der Waals surface area contributed by atoms with Crippen LogP contribution < -0.4 is 10.1 Å². The topological polar surface area (TPSA) is 39.1 Å². The second-order valence-corrected chi connectivity index (χ2v) is 4.58. The molecule has 1 unspecified atom stereocenters. The molecule has 1 atom stereocenters. The Balaban J connectivity index is 1.91. The van der Waals surface area contributed by atoms with Gasteiger partial charge in [-0.25, -0.2) is 4.39 Å². The number of halogens is 1. The molecule has 0 saturated carbocycles. The summed E-state index contributed by atoms with van der Waals surface area (Å²) in [5.41, 5.74) is 0.659. The fourth-order valence-corrected chi connectivity index (χ4v) is 2.05. The standard InChI is InChI=1S/C15H20FN3O/c1-3-17-12(2)14-6-5-13(11-15(14)16)20-10-9-19-8-4-7-18-19/h4-8,11-12,17H,3,9-10H2,1-2H3. The van der Waals surface area contributed by atoms with Gasteiger partial charge in [-0.05, 0) is 25.6 Å². The van der Waals surface area contributed by atoms with Crippen LogP contribution in [0.25, 0.3) is 0 Å². The van der Waals surface area contributed by atoms with Crippen molar-refractivity contribution in [3.05, 3.63) is 48.0 Å². The van der Waals surface area contributed by atoms with E-state index in [1.54, 1.807) is 23.0 Å². The van der Waals surface area contributed by atoms with Crippen molar-refractivity contribution >= 4 is 0 Å². The fourth-order valence-electron chi connectivity index (χ4n) is 2.05. The Hall–Kier alpha value is -1.88. The average molecular weight is 277 g/mol. The van der Waals surface area contributed by atoms with Gasteiger partial charge in [-0.3, -0.25) is 4.68 Å². The van der Waals surface area contributed by atoms with Gasteiger partial charge in [-0.15, -0.1) is 0 Å². The number of hydrogen-bond acceptors (Lipinski definition) is 3. The number of nitrogens with one attached hydrogen (secondary N) is 1. The van der Waals surface area contributed by atoms with Gasteiger partial charge in [0.2, 0.25) is 0 Å². The van der Waals surface area contributed by atoms with Crippen molar-refractivity contribution in [3.63, 3.8) is 0 Å². The lowest BCUT2D eigenvalue weighted by atomic mass is 10.1. The van der Waals surface area contributed by atoms with Crippen molar-refractivity contribution in [2.24, 2.45) is 0 Å². The van der Waals surface area contributed by atoms with Gasteiger partial charge >= 0.3 is 0 Å². The zero-order valence-electron chi connectivity index (χ0n) is 11.8. The Bertz CT molecular complexity index is 528. The molecule has 0 bridgehead atoms. The highest BCUT2D eigenvalue weighted by molar-refractivity contribution is 5.30. The Kier molecular flexibility index (Phi) is 5.12. The number of nitrogens with zero attached hydrogens (tertiary/aromatic N) is 2.